The van der Waals surface area contributed by atoms with E-state index in [1.165, 1.54) is 113 Å². The first kappa shape index (κ1) is 24.6. The third-order valence-corrected chi connectivity index (χ3v) is 10.7. The van der Waals surface area contributed by atoms with Gasteiger partial charge in [-0.2, -0.15) is 0 Å². The fourth-order valence-electron chi connectivity index (χ4n) is 8.82. The highest BCUT2D eigenvalue weighted by Gasteiger charge is 2.24. The quantitative estimate of drug-likeness (QED) is 0.155. The summed E-state index contributed by atoms with van der Waals surface area (Å²) in [7, 11) is 0. The Morgan fingerprint density at radius 1 is 0.318 bits per heavy atom. The fraction of sp³-hybridized carbons (Fsp3) is 0.190. The van der Waals surface area contributed by atoms with Crippen LogP contribution in [0.25, 0.3) is 75.8 Å². The molecule has 212 valence electrons. The first-order chi connectivity index (χ1) is 21.9. The molecule has 2 aliphatic heterocycles. The highest BCUT2D eigenvalue weighted by Crippen LogP contribution is 2.50. The van der Waals surface area contributed by atoms with Crippen LogP contribution in [0.1, 0.15) is 25.7 Å². The molecule has 0 spiro atoms. The van der Waals surface area contributed by atoms with Gasteiger partial charge in [0.15, 0.2) is 0 Å². The monoisotopic (exact) mass is 566 g/mol. The number of rotatable bonds is 3. The van der Waals surface area contributed by atoms with Gasteiger partial charge in [-0.25, -0.2) is 0 Å². The Kier molecular flexibility index (Phi) is 5.22. The van der Waals surface area contributed by atoms with Crippen molar-refractivity contribution < 1.29 is 0 Å². The molecule has 0 aliphatic carbocycles. The summed E-state index contributed by atoms with van der Waals surface area (Å²) in [5, 5.41) is 16.4. The van der Waals surface area contributed by atoms with Crippen molar-refractivity contribution in [3.8, 4) is 11.1 Å². The van der Waals surface area contributed by atoms with Gasteiger partial charge in [-0.1, -0.05) is 97.1 Å². The Morgan fingerprint density at radius 3 is 1.52 bits per heavy atom. The van der Waals surface area contributed by atoms with Crippen LogP contribution in [0.2, 0.25) is 0 Å². The lowest BCUT2D eigenvalue weighted by atomic mass is 9.82. The van der Waals surface area contributed by atoms with Crippen molar-refractivity contribution in [1.82, 2.24) is 0 Å². The number of benzene rings is 8. The number of anilines is 2. The molecular weight excluding hydrogens is 532 g/mol. The summed E-state index contributed by atoms with van der Waals surface area (Å²) in [5.41, 5.74) is 5.46. The topological polar surface area (TPSA) is 6.48 Å². The van der Waals surface area contributed by atoms with E-state index in [1.54, 1.807) is 0 Å². The van der Waals surface area contributed by atoms with Gasteiger partial charge in [0.1, 0.15) is 0 Å². The molecule has 2 nitrogen and oxygen atoms in total. The highest BCUT2D eigenvalue weighted by atomic mass is 15.1. The molecule has 2 fully saturated rings. The number of fused-ring (bicyclic) bond motifs is 5. The van der Waals surface area contributed by atoms with Crippen LogP contribution in [0.15, 0.2) is 109 Å². The second-order valence-corrected chi connectivity index (χ2v) is 13.0. The molecule has 0 N–H and O–H groups in total. The zero-order chi connectivity index (χ0) is 28.8. The lowest BCUT2D eigenvalue weighted by Gasteiger charge is -2.25. The van der Waals surface area contributed by atoms with Crippen molar-refractivity contribution in [1.29, 1.82) is 0 Å². The summed E-state index contributed by atoms with van der Waals surface area (Å²) in [5.74, 6) is 0. The normalized spacial score (nSPS) is 15.8. The van der Waals surface area contributed by atoms with E-state index in [9.17, 15) is 0 Å². The lowest BCUT2D eigenvalue weighted by molar-refractivity contribution is 0.949. The number of nitrogens with zero attached hydrogens (tertiary/aromatic N) is 2. The van der Waals surface area contributed by atoms with Crippen LogP contribution in [0.5, 0.6) is 0 Å². The van der Waals surface area contributed by atoms with E-state index in [-0.39, 0.29) is 0 Å². The van der Waals surface area contributed by atoms with Crippen LogP contribution >= 0.6 is 0 Å². The van der Waals surface area contributed by atoms with Gasteiger partial charge in [-0.05, 0) is 103 Å². The first-order valence-electron chi connectivity index (χ1n) is 16.4. The van der Waals surface area contributed by atoms with Gasteiger partial charge in [-0.15, -0.1) is 0 Å². The average molecular weight is 567 g/mol. The molecule has 2 heterocycles. The van der Waals surface area contributed by atoms with Crippen LogP contribution < -0.4 is 9.80 Å². The van der Waals surface area contributed by atoms with E-state index < -0.39 is 0 Å². The Bertz CT molecular complexity index is 2410. The third-order valence-electron chi connectivity index (χ3n) is 10.7. The molecule has 0 saturated carbocycles. The van der Waals surface area contributed by atoms with Crippen molar-refractivity contribution in [2.45, 2.75) is 25.7 Å². The van der Waals surface area contributed by atoms with E-state index in [0.717, 1.165) is 26.2 Å². The first-order valence-corrected chi connectivity index (χ1v) is 16.4. The Morgan fingerprint density at radius 2 is 0.795 bits per heavy atom. The molecule has 10 rings (SSSR count). The Balaban J connectivity index is 1.37. The second kappa shape index (κ2) is 9.34. The van der Waals surface area contributed by atoms with E-state index in [2.05, 4.69) is 119 Å². The molecular formula is C42H34N2. The summed E-state index contributed by atoms with van der Waals surface area (Å²) in [6, 6.07) is 41.9. The van der Waals surface area contributed by atoms with E-state index in [0.29, 0.717) is 0 Å². The third kappa shape index (κ3) is 3.31. The lowest BCUT2D eigenvalue weighted by Crippen LogP contribution is -2.17. The van der Waals surface area contributed by atoms with Gasteiger partial charge in [0, 0.05) is 48.3 Å². The maximum atomic E-state index is 2.59. The van der Waals surface area contributed by atoms with Crippen molar-refractivity contribution >= 4 is 76.0 Å². The molecule has 2 saturated heterocycles. The molecule has 0 atom stereocenters. The van der Waals surface area contributed by atoms with Gasteiger partial charge in [0.2, 0.25) is 0 Å². The predicted octanol–water partition coefficient (Wildman–Crippen LogP) is 10.9. The standard InChI is InChI=1S/C42H34N2/c1-2-12-28-27(11-1)33(19-21-37(28)43-23-5-6-24-43)39-29-13-3-4-14-31(29)42-36-20-22-38(44-25-7-8-26-44)34-17-9-15-30(40(34)36)32-16-10-18-35(39)41(32)42/h1-4,9-22H,5-8,23-26H2. The van der Waals surface area contributed by atoms with E-state index >= 15 is 0 Å². The molecule has 0 bridgehead atoms. The molecule has 2 aliphatic rings. The van der Waals surface area contributed by atoms with Crippen LogP contribution in [0, 0.1) is 0 Å². The minimum atomic E-state index is 1.15. The van der Waals surface area contributed by atoms with Crippen LogP contribution in [0.4, 0.5) is 11.4 Å². The Hall–Kier alpha value is -4.82. The molecule has 44 heavy (non-hydrogen) atoms. The summed E-state index contributed by atoms with van der Waals surface area (Å²) >= 11 is 0. The van der Waals surface area contributed by atoms with Gasteiger partial charge in [0.05, 0.1) is 0 Å². The van der Waals surface area contributed by atoms with Crippen molar-refractivity contribution in [3.05, 3.63) is 109 Å². The summed E-state index contributed by atoms with van der Waals surface area (Å²) in [6.45, 7) is 4.61. The maximum absolute atomic E-state index is 2.59. The zero-order valence-electron chi connectivity index (χ0n) is 24.9. The minimum absolute atomic E-state index is 1.15. The van der Waals surface area contributed by atoms with Gasteiger partial charge < -0.3 is 9.80 Å². The second-order valence-electron chi connectivity index (χ2n) is 13.0. The molecule has 2 heteroatoms. The fourth-order valence-corrected chi connectivity index (χ4v) is 8.82. The van der Waals surface area contributed by atoms with Gasteiger partial charge >= 0.3 is 0 Å². The molecule has 8 aromatic carbocycles. The highest BCUT2D eigenvalue weighted by molar-refractivity contribution is 6.41. The molecule has 0 radical (unpaired) electrons. The van der Waals surface area contributed by atoms with Crippen LogP contribution in [-0.2, 0) is 0 Å². The van der Waals surface area contributed by atoms with Gasteiger partial charge in [-0.3, -0.25) is 0 Å². The van der Waals surface area contributed by atoms with Gasteiger partial charge in [0.25, 0.3) is 0 Å². The number of hydrogen-bond acceptors (Lipinski definition) is 2. The SMILES string of the molecule is c1ccc2c(N3CCCC3)ccc(-c3c4ccccc4c4c5ccc(N6CCCC6)c6cccc(c7cccc3c74)c65)c2c1. The molecule has 0 amide bonds. The number of hydrogen-bond donors (Lipinski definition) is 0. The Labute approximate surface area is 257 Å². The van der Waals surface area contributed by atoms with Crippen molar-refractivity contribution in [3.63, 3.8) is 0 Å². The smallest absolute Gasteiger partial charge is 0.0446 e. The molecule has 0 aromatic heterocycles. The molecule has 8 aromatic rings. The zero-order valence-corrected chi connectivity index (χ0v) is 24.9. The van der Waals surface area contributed by atoms with Crippen molar-refractivity contribution in [2.75, 3.05) is 36.0 Å². The van der Waals surface area contributed by atoms with Crippen LogP contribution in [0.3, 0.4) is 0 Å². The van der Waals surface area contributed by atoms with Crippen molar-refractivity contribution in [2.24, 2.45) is 0 Å². The molecule has 0 unspecified atom stereocenters. The predicted molar refractivity (Wildman–Crippen MR) is 191 cm³/mol. The summed E-state index contributed by atoms with van der Waals surface area (Å²) in [4.78, 5) is 5.17. The minimum Gasteiger partial charge on any atom is -0.371 e. The van der Waals surface area contributed by atoms with E-state index in [4.69, 9.17) is 0 Å². The summed E-state index contributed by atoms with van der Waals surface area (Å²) in [6.07, 6.45) is 5.13. The van der Waals surface area contributed by atoms with E-state index in [1.807, 2.05) is 0 Å². The average Bonchev–Trinajstić information content (AvgIpc) is 3.82. The van der Waals surface area contributed by atoms with Crippen LogP contribution in [-0.4, -0.2) is 26.2 Å². The largest absolute Gasteiger partial charge is 0.371 e. The maximum Gasteiger partial charge on any atom is 0.0446 e. The summed E-state index contributed by atoms with van der Waals surface area (Å²) < 4.78 is 0.